The van der Waals surface area contributed by atoms with Gasteiger partial charge in [0.1, 0.15) is 0 Å². The molecule has 0 aromatic heterocycles. The molecular weight excluding hydrogens is 789 g/mol. The minimum absolute atomic E-state index is 0. The van der Waals surface area contributed by atoms with Crippen LogP contribution >= 0.6 is 0 Å². The number of methoxy groups -OCH3 is 6. The molecule has 0 unspecified atom stereocenters. The van der Waals surface area contributed by atoms with E-state index in [1.54, 1.807) is 0 Å². The van der Waals surface area contributed by atoms with Gasteiger partial charge in [-0.2, -0.15) is 0 Å². The van der Waals surface area contributed by atoms with E-state index in [2.05, 4.69) is 0 Å². The molecule has 0 spiro atoms. The molecule has 3 aromatic rings. The van der Waals surface area contributed by atoms with Gasteiger partial charge in [0.05, 0.1) is 0 Å². The number of Topliss-reactive ketones (excluding diaryl/α,β-unsaturated/α-hetero) is 3. The monoisotopic (exact) mass is 836 g/mol. The van der Waals surface area contributed by atoms with Crippen LogP contribution in [0.2, 0.25) is 0 Å². The average Bonchev–Trinajstić information content (AvgIpc) is 3.06. The van der Waals surface area contributed by atoms with Crippen LogP contribution in [0.3, 0.4) is 0 Å². The SMILES string of the molecule is COC(Cc1ccccc1)(OC)C(C)=O.COC(Cc1ccccc1)(OC)C(C)=O.COC(Cc1ccccc1)(OC)C(C)=O.[Pd].[Pd]. The summed E-state index contributed by atoms with van der Waals surface area (Å²) >= 11 is 0. The summed E-state index contributed by atoms with van der Waals surface area (Å²) in [6.07, 6.45) is 1.28. The molecule has 0 aliphatic heterocycles. The first kappa shape index (κ1) is 46.9. The van der Waals surface area contributed by atoms with E-state index in [0.717, 1.165) is 16.7 Å². The molecule has 9 nitrogen and oxygen atoms in total. The maximum atomic E-state index is 11.5. The molecule has 3 aromatic carbocycles. The maximum Gasteiger partial charge on any atom is 0.232 e. The number of benzene rings is 3. The molecule has 11 heteroatoms. The van der Waals surface area contributed by atoms with Crippen LogP contribution in [-0.2, 0) is 103 Å². The van der Waals surface area contributed by atoms with Crippen LogP contribution in [0.25, 0.3) is 0 Å². The van der Waals surface area contributed by atoms with Gasteiger partial charge in [0.2, 0.25) is 17.4 Å². The van der Waals surface area contributed by atoms with Crippen LogP contribution in [0.1, 0.15) is 37.5 Å². The molecule has 0 radical (unpaired) electrons. The van der Waals surface area contributed by atoms with Gasteiger partial charge in [0.15, 0.2) is 17.3 Å². The van der Waals surface area contributed by atoms with Crippen LogP contribution in [0.5, 0.6) is 0 Å². The van der Waals surface area contributed by atoms with Crippen LogP contribution in [0, 0.1) is 0 Å². The van der Waals surface area contributed by atoms with Crippen LogP contribution in [0.4, 0.5) is 0 Å². The molecule has 0 N–H and O–H groups in total. The van der Waals surface area contributed by atoms with Crippen molar-refractivity contribution in [3.05, 3.63) is 108 Å². The fourth-order valence-electron chi connectivity index (χ4n) is 4.51. The van der Waals surface area contributed by atoms with Gasteiger partial charge in [-0.15, -0.1) is 0 Å². The minimum atomic E-state index is -1.15. The predicted molar refractivity (Wildman–Crippen MR) is 173 cm³/mol. The van der Waals surface area contributed by atoms with Gasteiger partial charge in [-0.25, -0.2) is 0 Å². The first-order chi connectivity index (χ1) is 21.4. The van der Waals surface area contributed by atoms with Crippen molar-refractivity contribution in [2.24, 2.45) is 0 Å². The summed E-state index contributed by atoms with van der Waals surface area (Å²) in [5.41, 5.74) is 3.03. The number of rotatable bonds is 15. The average molecular weight is 838 g/mol. The number of ketones is 3. The Balaban J connectivity index is 0. The van der Waals surface area contributed by atoms with Crippen molar-refractivity contribution in [1.82, 2.24) is 0 Å². The van der Waals surface area contributed by atoms with Crippen molar-refractivity contribution in [3.8, 4) is 0 Å². The van der Waals surface area contributed by atoms with Crippen molar-refractivity contribution >= 4 is 17.3 Å². The second kappa shape index (κ2) is 24.0. The molecule has 0 saturated carbocycles. The number of hydrogen-bond donors (Lipinski definition) is 0. The Morgan fingerprint density at radius 2 is 0.574 bits per heavy atom. The number of hydrogen-bond acceptors (Lipinski definition) is 9. The Labute approximate surface area is 307 Å². The van der Waals surface area contributed by atoms with Gasteiger partial charge < -0.3 is 28.4 Å². The summed E-state index contributed by atoms with van der Waals surface area (Å²) in [7, 11) is 8.88. The maximum absolute atomic E-state index is 11.5. The molecule has 0 saturated heterocycles. The third-order valence-corrected chi connectivity index (χ3v) is 7.43. The van der Waals surface area contributed by atoms with Crippen molar-refractivity contribution in [1.29, 1.82) is 0 Å². The molecule has 0 fully saturated rings. The summed E-state index contributed by atoms with van der Waals surface area (Å²) in [4.78, 5) is 34.4. The second-order valence-electron chi connectivity index (χ2n) is 10.1. The normalized spacial score (nSPS) is 10.9. The van der Waals surface area contributed by atoms with Gasteiger partial charge in [0, 0.05) is 124 Å². The third kappa shape index (κ3) is 14.4. The quantitative estimate of drug-likeness (QED) is 0.147. The van der Waals surface area contributed by atoms with E-state index in [0.29, 0.717) is 19.3 Å². The van der Waals surface area contributed by atoms with Gasteiger partial charge in [-0.05, 0) is 16.7 Å². The van der Waals surface area contributed by atoms with Crippen molar-refractivity contribution in [3.63, 3.8) is 0 Å². The third-order valence-electron chi connectivity index (χ3n) is 7.43. The predicted octanol–water partition coefficient (Wildman–Crippen LogP) is 5.42. The molecule has 47 heavy (non-hydrogen) atoms. The van der Waals surface area contributed by atoms with Gasteiger partial charge in [-0.1, -0.05) is 91.0 Å². The second-order valence-corrected chi connectivity index (χ2v) is 10.1. The largest absolute Gasteiger partial charge is 0.347 e. The zero-order valence-corrected chi connectivity index (χ0v) is 31.7. The summed E-state index contributed by atoms with van der Waals surface area (Å²) in [6, 6.07) is 29.0. The summed E-state index contributed by atoms with van der Waals surface area (Å²) in [5, 5.41) is 0. The van der Waals surface area contributed by atoms with Crippen LogP contribution in [0.15, 0.2) is 91.0 Å². The Hall–Kier alpha value is -2.25. The van der Waals surface area contributed by atoms with Crippen LogP contribution < -0.4 is 0 Å². The van der Waals surface area contributed by atoms with Gasteiger partial charge >= 0.3 is 0 Å². The Morgan fingerprint density at radius 3 is 0.702 bits per heavy atom. The zero-order valence-electron chi connectivity index (χ0n) is 28.6. The topological polar surface area (TPSA) is 107 Å². The molecule has 0 amide bonds. The van der Waals surface area contributed by atoms with Crippen molar-refractivity contribution in [2.75, 3.05) is 42.7 Å². The Kier molecular flexibility index (Phi) is 23.9. The molecule has 0 bridgehead atoms. The van der Waals surface area contributed by atoms with Gasteiger partial charge in [0.25, 0.3) is 0 Å². The first-order valence-electron chi connectivity index (χ1n) is 14.4. The molecule has 3 rings (SSSR count). The number of carbonyl (C=O) groups excluding carboxylic acids is 3. The standard InChI is InChI=1S/3C12H16O3.2Pd/c3*1-10(13)12(14-2,15-3)9-11-7-5-4-6-8-11;;/h3*4-8H,9H2,1-3H3;;. The van der Waals surface area contributed by atoms with E-state index in [4.69, 9.17) is 28.4 Å². The molecule has 266 valence electrons. The molecule has 0 aliphatic carbocycles. The van der Waals surface area contributed by atoms with Crippen molar-refractivity contribution in [2.45, 2.75) is 57.4 Å². The number of carbonyl (C=O) groups is 3. The first-order valence-corrected chi connectivity index (χ1v) is 14.4. The van der Waals surface area contributed by atoms with E-state index < -0.39 is 17.4 Å². The molecule has 0 atom stereocenters. The summed E-state index contributed by atoms with van der Waals surface area (Å²) < 4.78 is 31.1. The number of ether oxygens (including phenoxy) is 6. The van der Waals surface area contributed by atoms with Gasteiger partial charge in [-0.3, -0.25) is 14.4 Å². The fourth-order valence-corrected chi connectivity index (χ4v) is 4.51. The fraction of sp³-hybridized carbons (Fsp3) is 0.417. The summed E-state index contributed by atoms with van der Waals surface area (Å²) in [6.45, 7) is 4.40. The molecular formula is C36H48O9Pd2. The Bertz CT molecular complexity index is 1120. The zero-order chi connectivity index (χ0) is 33.9. The van der Waals surface area contributed by atoms with Crippen LogP contribution in [-0.4, -0.2) is 77.4 Å². The van der Waals surface area contributed by atoms with E-state index in [9.17, 15) is 14.4 Å². The van der Waals surface area contributed by atoms with E-state index in [-0.39, 0.29) is 58.2 Å². The molecule has 0 heterocycles. The minimum Gasteiger partial charge on any atom is -0.347 e. The molecule has 0 aliphatic rings. The van der Waals surface area contributed by atoms with E-state index in [1.807, 2.05) is 91.0 Å². The van der Waals surface area contributed by atoms with Crippen molar-refractivity contribution < 1.29 is 83.7 Å². The summed E-state index contributed by atoms with van der Waals surface area (Å²) in [5.74, 6) is -3.84. The smallest absolute Gasteiger partial charge is 0.232 e. The van der Waals surface area contributed by atoms with E-state index in [1.165, 1.54) is 63.4 Å². The Morgan fingerprint density at radius 1 is 0.404 bits per heavy atom. The van der Waals surface area contributed by atoms with E-state index >= 15 is 0 Å².